The number of carbonyl (C=O) groups excluding carboxylic acids is 1. The van der Waals surface area contributed by atoms with E-state index in [0.29, 0.717) is 35.6 Å². The second-order valence-electron chi connectivity index (χ2n) is 6.74. The summed E-state index contributed by atoms with van der Waals surface area (Å²) >= 11 is 6.08. The fraction of sp³-hybridized carbons (Fsp3) is 0.938. The largest absolute Gasteiger partial charge is 0.338 e. The maximum Gasteiger partial charge on any atom is 0.226 e. The van der Waals surface area contributed by atoms with Crippen LogP contribution >= 0.6 is 11.6 Å². The molecule has 3 aliphatic rings. The molecule has 1 unspecified atom stereocenters. The average molecular weight is 284 g/mol. The van der Waals surface area contributed by atoms with Crippen LogP contribution in [0.3, 0.4) is 0 Å². The minimum atomic E-state index is 0.311. The Hall–Kier alpha value is -0.240. The second-order valence-corrected chi connectivity index (χ2v) is 7.05. The highest BCUT2D eigenvalue weighted by Crippen LogP contribution is 2.45. The third kappa shape index (κ3) is 2.66. The zero-order valence-electron chi connectivity index (χ0n) is 11.8. The van der Waals surface area contributed by atoms with Gasteiger partial charge >= 0.3 is 0 Å². The maximum absolute atomic E-state index is 13.0. The Morgan fingerprint density at radius 3 is 2.11 bits per heavy atom. The van der Waals surface area contributed by atoms with E-state index in [4.69, 9.17) is 11.6 Å². The van der Waals surface area contributed by atoms with E-state index in [1.165, 1.54) is 51.4 Å². The predicted octanol–water partition coefficient (Wildman–Crippen LogP) is 3.82. The van der Waals surface area contributed by atoms with E-state index in [1.54, 1.807) is 0 Å². The lowest BCUT2D eigenvalue weighted by Gasteiger charge is -2.46. The molecular formula is C16H26ClNO. The van der Waals surface area contributed by atoms with Crippen molar-refractivity contribution in [2.75, 3.05) is 12.4 Å². The van der Waals surface area contributed by atoms with Gasteiger partial charge in [0.25, 0.3) is 0 Å². The number of hydrogen-bond acceptors (Lipinski definition) is 1. The van der Waals surface area contributed by atoms with Gasteiger partial charge in [-0.25, -0.2) is 0 Å². The fourth-order valence-electron chi connectivity index (χ4n) is 4.03. The van der Waals surface area contributed by atoms with Gasteiger partial charge in [0.2, 0.25) is 5.91 Å². The monoisotopic (exact) mass is 283 g/mol. The molecule has 108 valence electrons. The lowest BCUT2D eigenvalue weighted by atomic mass is 9.64. The molecule has 19 heavy (non-hydrogen) atoms. The van der Waals surface area contributed by atoms with E-state index >= 15 is 0 Å². The van der Waals surface area contributed by atoms with E-state index in [9.17, 15) is 4.79 Å². The van der Waals surface area contributed by atoms with Crippen molar-refractivity contribution in [2.45, 2.75) is 63.8 Å². The van der Waals surface area contributed by atoms with E-state index in [-0.39, 0.29) is 0 Å². The molecule has 2 nitrogen and oxygen atoms in total. The van der Waals surface area contributed by atoms with E-state index in [1.807, 2.05) is 0 Å². The van der Waals surface area contributed by atoms with Gasteiger partial charge in [0, 0.05) is 24.4 Å². The second kappa shape index (κ2) is 6.03. The molecule has 1 aliphatic heterocycles. The molecule has 0 aromatic carbocycles. The maximum atomic E-state index is 13.0. The van der Waals surface area contributed by atoms with Crippen molar-refractivity contribution >= 4 is 17.5 Å². The van der Waals surface area contributed by atoms with Crippen LogP contribution in [0.1, 0.15) is 57.8 Å². The van der Waals surface area contributed by atoms with Crippen molar-refractivity contribution in [2.24, 2.45) is 17.8 Å². The number of likely N-dealkylation sites (tertiary alicyclic amines) is 1. The fourth-order valence-corrected chi connectivity index (χ4v) is 4.35. The van der Waals surface area contributed by atoms with Gasteiger partial charge in [0.15, 0.2) is 0 Å². The average Bonchev–Trinajstić information content (AvgIpc) is 2.33. The summed E-state index contributed by atoms with van der Waals surface area (Å²) in [6, 6.07) is 0.311. The molecule has 0 aromatic rings. The molecule has 1 amide bonds. The topological polar surface area (TPSA) is 20.3 Å². The molecule has 3 heteroatoms. The molecule has 0 spiro atoms. The number of piperidine rings is 1. The quantitative estimate of drug-likeness (QED) is 0.718. The van der Waals surface area contributed by atoms with Gasteiger partial charge in [-0.3, -0.25) is 4.79 Å². The van der Waals surface area contributed by atoms with Crippen molar-refractivity contribution in [1.82, 2.24) is 4.90 Å². The molecule has 0 radical (unpaired) electrons. The smallest absolute Gasteiger partial charge is 0.226 e. The van der Waals surface area contributed by atoms with Crippen molar-refractivity contribution in [1.29, 1.82) is 0 Å². The summed E-state index contributed by atoms with van der Waals surface area (Å²) in [4.78, 5) is 15.2. The zero-order chi connectivity index (χ0) is 13.2. The Bertz CT molecular complexity index is 311. The summed E-state index contributed by atoms with van der Waals surface area (Å²) in [6.07, 6.45) is 11.3. The molecule has 0 bridgehead atoms. The Kier molecular flexibility index (Phi) is 4.36. The van der Waals surface area contributed by atoms with Crippen LogP contribution in [0, 0.1) is 17.8 Å². The normalized spacial score (nSPS) is 29.2. The number of halogens is 1. The summed E-state index contributed by atoms with van der Waals surface area (Å²) in [5.41, 5.74) is 0. The highest BCUT2D eigenvalue weighted by atomic mass is 35.5. The number of alkyl halides is 1. The van der Waals surface area contributed by atoms with Crippen molar-refractivity contribution in [3.8, 4) is 0 Å². The molecular weight excluding hydrogens is 258 g/mol. The molecule has 2 aliphatic carbocycles. The van der Waals surface area contributed by atoms with Crippen LogP contribution in [0.4, 0.5) is 0 Å². The lowest BCUT2D eigenvalue weighted by Crippen LogP contribution is -2.51. The van der Waals surface area contributed by atoms with Gasteiger partial charge in [-0.05, 0) is 56.8 Å². The first-order chi connectivity index (χ1) is 9.31. The van der Waals surface area contributed by atoms with Crippen LogP contribution in [-0.2, 0) is 4.79 Å². The van der Waals surface area contributed by atoms with Crippen LogP contribution < -0.4 is 0 Å². The SMILES string of the molecule is O=C(C(C1CCC1)C1CCC1)N1CCCCC1CCl. The van der Waals surface area contributed by atoms with Gasteiger partial charge in [-0.2, -0.15) is 0 Å². The lowest BCUT2D eigenvalue weighted by molar-refractivity contribution is -0.146. The molecule has 3 rings (SSSR count). The van der Waals surface area contributed by atoms with Crippen molar-refractivity contribution in [3.63, 3.8) is 0 Å². The van der Waals surface area contributed by atoms with Crippen LogP contribution in [0.5, 0.6) is 0 Å². The minimum absolute atomic E-state index is 0.311. The molecule has 1 atom stereocenters. The number of rotatable bonds is 4. The van der Waals surface area contributed by atoms with Crippen LogP contribution in [0.15, 0.2) is 0 Å². The third-order valence-electron chi connectivity index (χ3n) is 5.69. The number of hydrogen-bond donors (Lipinski definition) is 0. The van der Waals surface area contributed by atoms with Gasteiger partial charge in [0.1, 0.15) is 0 Å². The Labute approximate surface area is 121 Å². The van der Waals surface area contributed by atoms with Gasteiger partial charge in [-0.15, -0.1) is 11.6 Å². The number of amides is 1. The highest BCUT2D eigenvalue weighted by Gasteiger charge is 2.43. The van der Waals surface area contributed by atoms with E-state index in [2.05, 4.69) is 4.90 Å². The molecule has 3 fully saturated rings. The van der Waals surface area contributed by atoms with Crippen LogP contribution in [0.2, 0.25) is 0 Å². The standard InChI is InChI=1S/C16H26ClNO/c17-11-14-9-1-2-10-18(14)16(19)15(12-5-3-6-12)13-7-4-8-13/h12-15H,1-11H2. The first-order valence-electron chi connectivity index (χ1n) is 8.17. The van der Waals surface area contributed by atoms with E-state index < -0.39 is 0 Å². The van der Waals surface area contributed by atoms with Gasteiger partial charge in [-0.1, -0.05) is 12.8 Å². The number of carbonyl (C=O) groups is 1. The summed E-state index contributed by atoms with van der Waals surface area (Å²) in [5.74, 6) is 2.80. The zero-order valence-corrected chi connectivity index (χ0v) is 12.6. The van der Waals surface area contributed by atoms with E-state index in [0.717, 1.165) is 13.0 Å². The van der Waals surface area contributed by atoms with Gasteiger partial charge in [0.05, 0.1) is 0 Å². The summed E-state index contributed by atoms with van der Waals surface area (Å²) < 4.78 is 0. The first kappa shape index (κ1) is 13.7. The molecule has 2 saturated carbocycles. The Balaban J connectivity index is 1.70. The summed E-state index contributed by atoms with van der Waals surface area (Å²) in [6.45, 7) is 0.951. The van der Waals surface area contributed by atoms with Crippen molar-refractivity contribution in [3.05, 3.63) is 0 Å². The predicted molar refractivity (Wildman–Crippen MR) is 78.2 cm³/mol. The molecule has 1 saturated heterocycles. The van der Waals surface area contributed by atoms with Crippen LogP contribution in [-0.4, -0.2) is 29.3 Å². The highest BCUT2D eigenvalue weighted by molar-refractivity contribution is 6.18. The molecule has 0 N–H and O–H groups in total. The van der Waals surface area contributed by atoms with Crippen molar-refractivity contribution < 1.29 is 4.79 Å². The van der Waals surface area contributed by atoms with Crippen LogP contribution in [0.25, 0.3) is 0 Å². The number of nitrogens with zero attached hydrogens (tertiary/aromatic N) is 1. The summed E-state index contributed by atoms with van der Waals surface area (Å²) in [5, 5.41) is 0. The van der Waals surface area contributed by atoms with Gasteiger partial charge < -0.3 is 4.90 Å². The third-order valence-corrected chi connectivity index (χ3v) is 6.05. The summed E-state index contributed by atoms with van der Waals surface area (Å²) in [7, 11) is 0. The minimum Gasteiger partial charge on any atom is -0.338 e. The molecule has 0 aromatic heterocycles. The Morgan fingerprint density at radius 1 is 1.00 bits per heavy atom. The molecule has 1 heterocycles. The Morgan fingerprint density at radius 2 is 1.63 bits per heavy atom. The first-order valence-corrected chi connectivity index (χ1v) is 8.71.